The topological polar surface area (TPSA) is 58.5 Å². The molecule has 18 heavy (non-hydrogen) atoms. The number of aromatic nitrogens is 2. The van der Waals surface area contributed by atoms with Crippen molar-refractivity contribution in [1.82, 2.24) is 9.97 Å². The Labute approximate surface area is 114 Å². The average Bonchev–Trinajstić information content (AvgIpc) is 2.75. The molecular formula is C11H14ClN3O2S. The van der Waals surface area contributed by atoms with Gasteiger partial charge in [-0.25, -0.2) is 4.98 Å². The van der Waals surface area contributed by atoms with Crippen molar-refractivity contribution in [2.75, 3.05) is 32.2 Å². The number of aliphatic hydroxyl groups excluding tert-OH is 1. The van der Waals surface area contributed by atoms with Crippen LogP contribution in [0.5, 0.6) is 0 Å². The summed E-state index contributed by atoms with van der Waals surface area (Å²) < 4.78 is 4.90. The molecule has 1 N–H and O–H groups in total. The molecule has 1 unspecified atom stereocenters. The molecule has 0 saturated heterocycles. The summed E-state index contributed by atoms with van der Waals surface area (Å²) >= 11 is 7.41. The molecule has 0 aliphatic heterocycles. The minimum absolute atomic E-state index is 0.216. The number of methoxy groups -OCH3 is 1. The van der Waals surface area contributed by atoms with E-state index >= 15 is 0 Å². The smallest absolute Gasteiger partial charge is 0.225 e. The number of thiophene rings is 1. The number of hydrogen-bond donors (Lipinski definition) is 1. The number of aliphatic hydroxyl groups is 1. The summed E-state index contributed by atoms with van der Waals surface area (Å²) in [4.78, 5) is 11.1. The maximum atomic E-state index is 9.73. The monoisotopic (exact) mass is 287 g/mol. The zero-order valence-electron chi connectivity index (χ0n) is 10.1. The third-order valence-electron chi connectivity index (χ3n) is 2.48. The molecule has 0 aliphatic carbocycles. The lowest BCUT2D eigenvalue weighted by molar-refractivity contribution is 0.0694. The summed E-state index contributed by atoms with van der Waals surface area (Å²) in [6.45, 7) is 0.710. The van der Waals surface area contributed by atoms with Crippen molar-refractivity contribution in [3.8, 4) is 0 Å². The maximum Gasteiger partial charge on any atom is 0.225 e. The third-order valence-corrected chi connectivity index (χ3v) is 3.46. The van der Waals surface area contributed by atoms with Crippen molar-refractivity contribution in [3.05, 3.63) is 16.7 Å². The van der Waals surface area contributed by atoms with Crippen LogP contribution in [0.1, 0.15) is 0 Å². The lowest BCUT2D eigenvalue weighted by atomic mass is 10.3. The minimum atomic E-state index is -0.567. The molecule has 0 amide bonds. The zero-order chi connectivity index (χ0) is 13.1. The van der Waals surface area contributed by atoms with E-state index in [1.165, 1.54) is 11.3 Å². The van der Waals surface area contributed by atoms with Crippen molar-refractivity contribution in [2.24, 2.45) is 0 Å². The molecule has 0 bridgehead atoms. The van der Waals surface area contributed by atoms with Gasteiger partial charge in [0.1, 0.15) is 10.6 Å². The first-order valence-electron chi connectivity index (χ1n) is 5.40. The number of rotatable bonds is 5. The molecule has 2 aromatic heterocycles. The van der Waals surface area contributed by atoms with Gasteiger partial charge in [-0.1, -0.05) is 0 Å². The molecular weight excluding hydrogens is 274 g/mol. The van der Waals surface area contributed by atoms with Crippen LogP contribution in [0.15, 0.2) is 11.4 Å². The highest BCUT2D eigenvalue weighted by molar-refractivity contribution is 7.16. The van der Waals surface area contributed by atoms with Crippen LogP contribution in [0.25, 0.3) is 10.2 Å². The second-order valence-corrected chi connectivity index (χ2v) is 5.18. The lowest BCUT2D eigenvalue weighted by Gasteiger charge is -2.22. The number of anilines is 1. The highest BCUT2D eigenvalue weighted by atomic mass is 35.5. The van der Waals surface area contributed by atoms with E-state index in [2.05, 4.69) is 9.97 Å². The number of halogens is 1. The molecule has 5 nitrogen and oxygen atoms in total. The zero-order valence-corrected chi connectivity index (χ0v) is 11.7. The molecule has 0 aromatic carbocycles. The Balaban J connectivity index is 2.26. The Morgan fingerprint density at radius 2 is 2.33 bits per heavy atom. The van der Waals surface area contributed by atoms with Gasteiger partial charge in [-0.3, -0.25) is 0 Å². The molecule has 0 fully saturated rings. The molecule has 2 aromatic rings. The Hall–Kier alpha value is -0.950. The van der Waals surface area contributed by atoms with Crippen molar-refractivity contribution >= 4 is 39.0 Å². The Kier molecular flexibility index (Phi) is 4.34. The number of likely N-dealkylation sites (N-methyl/N-ethyl adjacent to an activating group) is 1. The van der Waals surface area contributed by atoms with Gasteiger partial charge in [-0.2, -0.15) is 4.98 Å². The molecule has 0 spiro atoms. The summed E-state index contributed by atoms with van der Waals surface area (Å²) in [7, 11) is 3.41. The number of ether oxygens (including phenoxy) is 1. The second-order valence-electron chi connectivity index (χ2n) is 3.95. The van der Waals surface area contributed by atoms with Crippen LogP contribution in [0.4, 0.5) is 5.82 Å². The van der Waals surface area contributed by atoms with Crippen LogP contribution < -0.4 is 4.90 Å². The van der Waals surface area contributed by atoms with Gasteiger partial charge in [-0.15, -0.1) is 11.3 Å². The van der Waals surface area contributed by atoms with Gasteiger partial charge in [0.25, 0.3) is 0 Å². The first kappa shape index (κ1) is 13.5. The van der Waals surface area contributed by atoms with E-state index in [4.69, 9.17) is 16.3 Å². The van der Waals surface area contributed by atoms with Crippen LogP contribution in [0.2, 0.25) is 5.28 Å². The maximum absolute atomic E-state index is 9.73. The predicted molar refractivity (Wildman–Crippen MR) is 73.6 cm³/mol. The lowest BCUT2D eigenvalue weighted by Crippen LogP contribution is -2.32. The Morgan fingerprint density at radius 1 is 1.56 bits per heavy atom. The molecule has 2 heterocycles. The van der Waals surface area contributed by atoms with Gasteiger partial charge < -0.3 is 14.7 Å². The van der Waals surface area contributed by atoms with Crippen LogP contribution >= 0.6 is 22.9 Å². The van der Waals surface area contributed by atoms with Crippen molar-refractivity contribution < 1.29 is 9.84 Å². The fourth-order valence-electron chi connectivity index (χ4n) is 1.75. The SMILES string of the molecule is COCC(O)CN(C)c1nc(Cl)nc2sccc12. The molecule has 98 valence electrons. The van der Waals surface area contributed by atoms with Gasteiger partial charge in [0.2, 0.25) is 5.28 Å². The second kappa shape index (κ2) is 5.79. The molecule has 7 heteroatoms. The van der Waals surface area contributed by atoms with E-state index in [1.54, 1.807) is 7.11 Å². The summed E-state index contributed by atoms with van der Waals surface area (Å²) in [6, 6.07) is 1.95. The largest absolute Gasteiger partial charge is 0.389 e. The number of nitrogens with zero attached hydrogens (tertiary/aromatic N) is 3. The Morgan fingerprint density at radius 3 is 3.06 bits per heavy atom. The number of fused-ring (bicyclic) bond motifs is 1. The first-order valence-corrected chi connectivity index (χ1v) is 6.66. The highest BCUT2D eigenvalue weighted by Gasteiger charge is 2.14. The molecule has 0 saturated carbocycles. The van der Waals surface area contributed by atoms with E-state index in [0.29, 0.717) is 6.54 Å². The fraction of sp³-hybridized carbons (Fsp3) is 0.455. The predicted octanol–water partition coefficient (Wildman–Crippen LogP) is 1.79. The highest BCUT2D eigenvalue weighted by Crippen LogP contribution is 2.28. The van der Waals surface area contributed by atoms with E-state index in [-0.39, 0.29) is 11.9 Å². The van der Waals surface area contributed by atoms with Crippen molar-refractivity contribution in [1.29, 1.82) is 0 Å². The first-order chi connectivity index (χ1) is 8.61. The van der Waals surface area contributed by atoms with E-state index < -0.39 is 6.10 Å². The van der Waals surface area contributed by atoms with Gasteiger partial charge in [0.05, 0.1) is 18.1 Å². The summed E-state index contributed by atoms with van der Waals surface area (Å²) in [5.74, 6) is 0.724. The fourth-order valence-corrected chi connectivity index (χ4v) is 2.73. The quantitative estimate of drug-likeness (QED) is 0.850. The van der Waals surface area contributed by atoms with Crippen molar-refractivity contribution in [3.63, 3.8) is 0 Å². The van der Waals surface area contributed by atoms with Crippen molar-refractivity contribution in [2.45, 2.75) is 6.10 Å². The van der Waals surface area contributed by atoms with Crippen LogP contribution in [-0.2, 0) is 4.74 Å². The molecule has 0 radical (unpaired) electrons. The Bertz CT molecular complexity index is 534. The van der Waals surface area contributed by atoms with E-state index in [9.17, 15) is 5.11 Å². The third kappa shape index (κ3) is 2.89. The normalized spacial score (nSPS) is 12.9. The van der Waals surface area contributed by atoms with Crippen LogP contribution in [0, 0.1) is 0 Å². The molecule has 0 aliphatic rings. The summed E-state index contributed by atoms with van der Waals surface area (Å²) in [5.41, 5.74) is 0. The van der Waals surface area contributed by atoms with Crippen LogP contribution in [-0.4, -0.2) is 48.5 Å². The molecule has 1 atom stereocenters. The van der Waals surface area contributed by atoms with Gasteiger partial charge in [0.15, 0.2) is 0 Å². The summed E-state index contributed by atoms with van der Waals surface area (Å²) in [6.07, 6.45) is -0.567. The van der Waals surface area contributed by atoms with Gasteiger partial charge in [-0.05, 0) is 23.0 Å². The van der Waals surface area contributed by atoms with E-state index in [0.717, 1.165) is 16.0 Å². The average molecular weight is 288 g/mol. The standard InChI is InChI=1S/C11H14ClN3O2S/c1-15(5-7(16)6-17-2)9-8-3-4-18-10(8)14-11(12)13-9/h3-4,7,16H,5-6H2,1-2H3. The van der Waals surface area contributed by atoms with Gasteiger partial charge >= 0.3 is 0 Å². The minimum Gasteiger partial charge on any atom is -0.389 e. The van der Waals surface area contributed by atoms with Gasteiger partial charge in [0, 0.05) is 20.7 Å². The van der Waals surface area contributed by atoms with Crippen LogP contribution in [0.3, 0.4) is 0 Å². The molecule has 2 rings (SSSR count). The van der Waals surface area contributed by atoms with E-state index in [1.807, 2.05) is 23.4 Å². The number of hydrogen-bond acceptors (Lipinski definition) is 6. The summed E-state index contributed by atoms with van der Waals surface area (Å²) in [5, 5.41) is 12.8.